The van der Waals surface area contributed by atoms with Crippen molar-refractivity contribution in [3.8, 4) is 11.3 Å². The smallest absolute Gasteiger partial charge is 0.152 e. The van der Waals surface area contributed by atoms with Crippen LogP contribution in [0.2, 0.25) is 0 Å². The Hall–Kier alpha value is -2.84. The van der Waals surface area contributed by atoms with E-state index in [-0.39, 0.29) is 0 Å². The predicted octanol–water partition coefficient (Wildman–Crippen LogP) is 4.13. The molecule has 4 fully saturated rings. The lowest BCUT2D eigenvalue weighted by Gasteiger charge is -2.40. The SMILES string of the molecule is c1ncc(C2CCCC2)cc1-c1cn(C2(c3ccc(N4CCC[C@@H](NCC5CC5)C4)cn3)COC2)nn1. The molecule has 3 aromatic rings. The number of ether oxygens (including phenoxy) is 1. The maximum atomic E-state index is 5.70. The Balaban J connectivity index is 1.08. The summed E-state index contributed by atoms with van der Waals surface area (Å²) in [4.78, 5) is 11.9. The van der Waals surface area contributed by atoms with E-state index in [2.05, 4.69) is 43.7 Å². The molecule has 0 spiro atoms. The van der Waals surface area contributed by atoms with Crippen LogP contribution in [0.3, 0.4) is 0 Å². The van der Waals surface area contributed by atoms with Gasteiger partial charge in [0.25, 0.3) is 0 Å². The molecule has 8 heteroatoms. The normalized spacial score (nSPS) is 23.8. The highest BCUT2D eigenvalue weighted by Crippen LogP contribution is 2.37. The second kappa shape index (κ2) is 9.80. The van der Waals surface area contributed by atoms with E-state index in [0.717, 1.165) is 36.0 Å². The van der Waals surface area contributed by atoms with Crippen LogP contribution in [-0.4, -0.2) is 63.9 Å². The Morgan fingerprint density at radius 1 is 1.00 bits per heavy atom. The van der Waals surface area contributed by atoms with Crippen LogP contribution in [0.4, 0.5) is 5.69 Å². The summed E-state index contributed by atoms with van der Waals surface area (Å²) >= 11 is 0. The molecule has 2 saturated heterocycles. The highest BCUT2D eigenvalue weighted by Gasteiger charge is 2.45. The Labute approximate surface area is 218 Å². The van der Waals surface area contributed by atoms with Crippen molar-refractivity contribution in [2.45, 2.75) is 68.9 Å². The monoisotopic (exact) mass is 499 g/mol. The van der Waals surface area contributed by atoms with Crippen LogP contribution in [0.25, 0.3) is 11.3 Å². The molecule has 1 atom stereocenters. The van der Waals surface area contributed by atoms with Gasteiger partial charge in [0.1, 0.15) is 5.69 Å². The van der Waals surface area contributed by atoms with Crippen molar-refractivity contribution in [1.29, 1.82) is 0 Å². The first-order valence-corrected chi connectivity index (χ1v) is 14.2. The molecule has 1 N–H and O–H groups in total. The summed E-state index contributed by atoms with van der Waals surface area (Å²) in [6, 6.07) is 7.21. The fourth-order valence-corrected chi connectivity index (χ4v) is 6.26. The van der Waals surface area contributed by atoms with Crippen LogP contribution in [0, 0.1) is 5.92 Å². The molecule has 2 aliphatic carbocycles. The van der Waals surface area contributed by atoms with E-state index in [1.165, 1.54) is 69.2 Å². The third-order valence-corrected chi connectivity index (χ3v) is 8.90. The van der Waals surface area contributed by atoms with Crippen molar-refractivity contribution in [3.63, 3.8) is 0 Å². The quantitative estimate of drug-likeness (QED) is 0.499. The molecule has 2 saturated carbocycles. The summed E-state index contributed by atoms with van der Waals surface area (Å²) in [5.74, 6) is 1.54. The summed E-state index contributed by atoms with van der Waals surface area (Å²) in [7, 11) is 0. The zero-order valence-corrected chi connectivity index (χ0v) is 21.6. The molecule has 37 heavy (non-hydrogen) atoms. The second-order valence-electron chi connectivity index (χ2n) is 11.6. The number of pyridine rings is 2. The first-order valence-electron chi connectivity index (χ1n) is 14.2. The third-order valence-electron chi connectivity index (χ3n) is 8.90. The number of anilines is 1. The topological polar surface area (TPSA) is 81.0 Å². The van der Waals surface area contributed by atoms with Crippen molar-refractivity contribution < 1.29 is 4.74 Å². The van der Waals surface area contributed by atoms with Crippen molar-refractivity contribution in [1.82, 2.24) is 30.3 Å². The Kier molecular flexibility index (Phi) is 6.17. The minimum absolute atomic E-state index is 0.406. The van der Waals surface area contributed by atoms with E-state index < -0.39 is 5.54 Å². The van der Waals surface area contributed by atoms with E-state index >= 15 is 0 Å². The van der Waals surface area contributed by atoms with Crippen LogP contribution in [0.5, 0.6) is 0 Å². The zero-order valence-electron chi connectivity index (χ0n) is 21.6. The van der Waals surface area contributed by atoms with E-state index in [4.69, 9.17) is 9.72 Å². The average molecular weight is 500 g/mol. The van der Waals surface area contributed by atoms with Crippen molar-refractivity contribution in [3.05, 3.63) is 54.2 Å². The summed E-state index contributed by atoms with van der Waals surface area (Å²) in [5.41, 5.74) is 4.99. The Morgan fingerprint density at radius 3 is 2.65 bits per heavy atom. The molecule has 5 heterocycles. The van der Waals surface area contributed by atoms with Crippen LogP contribution < -0.4 is 10.2 Å². The first kappa shape index (κ1) is 23.3. The van der Waals surface area contributed by atoms with E-state index in [1.54, 1.807) is 0 Å². The highest BCUT2D eigenvalue weighted by molar-refractivity contribution is 5.57. The van der Waals surface area contributed by atoms with E-state index in [0.29, 0.717) is 25.2 Å². The van der Waals surface area contributed by atoms with Crippen LogP contribution in [0.1, 0.15) is 68.5 Å². The average Bonchev–Trinajstić information content (AvgIpc) is 3.36. The molecule has 7 rings (SSSR count). The number of nitrogens with one attached hydrogen (secondary N) is 1. The lowest BCUT2D eigenvalue weighted by molar-refractivity contribution is -0.0851. The van der Waals surface area contributed by atoms with Gasteiger partial charge in [-0.3, -0.25) is 9.97 Å². The highest BCUT2D eigenvalue weighted by atomic mass is 16.5. The lowest BCUT2D eigenvalue weighted by Crippen LogP contribution is -2.53. The third kappa shape index (κ3) is 4.66. The number of hydrogen-bond donors (Lipinski definition) is 1. The Bertz CT molecular complexity index is 1210. The molecular weight excluding hydrogens is 462 g/mol. The van der Waals surface area contributed by atoms with E-state index in [1.807, 2.05) is 29.5 Å². The largest absolute Gasteiger partial charge is 0.375 e. The molecule has 2 aliphatic heterocycles. The number of rotatable bonds is 8. The standard InChI is InChI=1S/C29H37N7O/c1-2-5-22(4-1)23-12-24(15-30-14-23)27-18-36(34-33-27)29(19-37-20-29)28-10-9-26(16-32-28)35-11-3-6-25(17-35)31-13-21-7-8-21/h9-10,12,14-16,18,21-22,25,31H,1-8,11,13,17,19-20H2/t25-/m1/s1. The van der Waals surface area contributed by atoms with Gasteiger partial charge in [-0.05, 0) is 80.7 Å². The molecule has 194 valence electrons. The van der Waals surface area contributed by atoms with Gasteiger partial charge in [0.2, 0.25) is 0 Å². The van der Waals surface area contributed by atoms with Gasteiger partial charge in [-0.1, -0.05) is 18.1 Å². The summed E-state index contributed by atoms with van der Waals surface area (Å²) in [5, 5.41) is 12.9. The van der Waals surface area contributed by atoms with Crippen molar-refractivity contribution in [2.24, 2.45) is 5.92 Å². The lowest BCUT2D eigenvalue weighted by atomic mass is 9.92. The summed E-state index contributed by atoms with van der Waals surface area (Å²) in [6.45, 7) is 4.44. The van der Waals surface area contributed by atoms with Crippen LogP contribution >= 0.6 is 0 Å². The molecule has 0 unspecified atom stereocenters. The Morgan fingerprint density at radius 2 is 1.89 bits per heavy atom. The first-order chi connectivity index (χ1) is 18.3. The number of nitrogens with zero attached hydrogens (tertiary/aromatic N) is 6. The van der Waals surface area contributed by atoms with Gasteiger partial charge in [0.15, 0.2) is 5.54 Å². The van der Waals surface area contributed by atoms with E-state index in [9.17, 15) is 0 Å². The molecule has 8 nitrogen and oxygen atoms in total. The number of hydrogen-bond acceptors (Lipinski definition) is 7. The molecular formula is C29H37N7O. The van der Waals surface area contributed by atoms with Gasteiger partial charge in [-0.2, -0.15) is 0 Å². The number of piperidine rings is 1. The molecule has 0 aromatic carbocycles. The summed E-state index contributed by atoms with van der Waals surface area (Å²) < 4.78 is 7.65. The summed E-state index contributed by atoms with van der Waals surface area (Å²) in [6.07, 6.45) is 18.4. The molecule has 0 radical (unpaired) electrons. The van der Waals surface area contributed by atoms with Gasteiger partial charge in [-0.15, -0.1) is 5.10 Å². The zero-order chi connectivity index (χ0) is 24.7. The molecule has 0 amide bonds. The van der Waals surface area contributed by atoms with Gasteiger partial charge >= 0.3 is 0 Å². The maximum Gasteiger partial charge on any atom is 0.152 e. The molecule has 3 aromatic heterocycles. The second-order valence-corrected chi connectivity index (χ2v) is 11.6. The van der Waals surface area contributed by atoms with Crippen LogP contribution in [-0.2, 0) is 10.3 Å². The number of aromatic nitrogens is 5. The molecule has 4 aliphatic rings. The van der Waals surface area contributed by atoms with Gasteiger partial charge in [0.05, 0.1) is 37.0 Å². The maximum absolute atomic E-state index is 5.70. The van der Waals surface area contributed by atoms with Crippen molar-refractivity contribution >= 4 is 5.69 Å². The van der Waals surface area contributed by atoms with Crippen molar-refractivity contribution in [2.75, 3.05) is 37.7 Å². The van der Waals surface area contributed by atoms with Crippen LogP contribution in [0.15, 0.2) is 43.0 Å². The molecule has 0 bridgehead atoms. The van der Waals surface area contributed by atoms with Gasteiger partial charge in [-0.25, -0.2) is 4.68 Å². The van der Waals surface area contributed by atoms with Gasteiger partial charge < -0.3 is 15.0 Å². The fraction of sp³-hybridized carbons (Fsp3) is 0.586. The minimum Gasteiger partial charge on any atom is -0.375 e. The van der Waals surface area contributed by atoms with Gasteiger partial charge in [0, 0.05) is 37.1 Å². The minimum atomic E-state index is -0.406. The fourth-order valence-electron chi connectivity index (χ4n) is 6.26. The predicted molar refractivity (Wildman–Crippen MR) is 143 cm³/mol.